The van der Waals surface area contributed by atoms with Gasteiger partial charge in [0, 0.05) is 20.2 Å². The summed E-state index contributed by atoms with van der Waals surface area (Å²) in [6, 6.07) is 6.91. The number of ether oxygens (including phenoxy) is 1. The minimum absolute atomic E-state index is 0.230. The van der Waals surface area contributed by atoms with Gasteiger partial charge < -0.3 is 9.64 Å². The molecule has 0 unspecified atom stereocenters. The smallest absolute Gasteiger partial charge is 0.255 e. The molecule has 1 amide bonds. The van der Waals surface area contributed by atoms with Crippen LogP contribution in [0.3, 0.4) is 0 Å². The average Bonchev–Trinajstić information content (AvgIpc) is 2.41. The van der Waals surface area contributed by atoms with E-state index in [1.54, 1.807) is 25.3 Å². The van der Waals surface area contributed by atoms with Crippen LogP contribution in [0.4, 0.5) is 0 Å². The predicted molar refractivity (Wildman–Crippen MR) is 74.5 cm³/mol. The van der Waals surface area contributed by atoms with Crippen LogP contribution in [0.25, 0.3) is 0 Å². The lowest BCUT2D eigenvalue weighted by Gasteiger charge is -2.22. The topological polar surface area (TPSA) is 53.3 Å². The second-order valence-corrected chi connectivity index (χ2v) is 4.58. The van der Waals surface area contributed by atoms with E-state index in [4.69, 9.17) is 33.2 Å². The van der Waals surface area contributed by atoms with Crippen LogP contribution in [-0.2, 0) is 4.74 Å². The summed E-state index contributed by atoms with van der Waals surface area (Å²) in [5.41, 5.74) is 0.336. The zero-order valence-corrected chi connectivity index (χ0v) is 12.0. The SMILES string of the molecule is COCCN(CCC#N)C(=O)c1cccc(Cl)c1Cl. The lowest BCUT2D eigenvalue weighted by molar-refractivity contribution is 0.0700. The first-order valence-corrected chi connectivity index (χ1v) is 6.46. The number of hydrogen-bond acceptors (Lipinski definition) is 3. The van der Waals surface area contributed by atoms with Gasteiger partial charge in [-0.2, -0.15) is 5.26 Å². The second-order valence-electron chi connectivity index (χ2n) is 3.79. The van der Waals surface area contributed by atoms with Crippen molar-refractivity contribution in [1.82, 2.24) is 4.90 Å². The standard InChI is InChI=1S/C13H14Cl2N2O2/c1-19-9-8-17(7-3-6-16)13(18)10-4-2-5-11(14)12(10)15/h2,4-5H,3,7-9H2,1H3. The number of carbonyl (C=O) groups excluding carboxylic acids is 1. The number of amides is 1. The summed E-state index contributed by atoms with van der Waals surface area (Å²) in [6.07, 6.45) is 0.258. The van der Waals surface area contributed by atoms with Crippen molar-refractivity contribution in [2.24, 2.45) is 0 Å². The molecule has 6 heteroatoms. The Morgan fingerprint density at radius 3 is 2.79 bits per heavy atom. The third-order valence-corrected chi connectivity index (χ3v) is 3.35. The molecule has 0 radical (unpaired) electrons. The van der Waals surface area contributed by atoms with Crippen molar-refractivity contribution < 1.29 is 9.53 Å². The highest BCUT2D eigenvalue weighted by atomic mass is 35.5. The number of carbonyl (C=O) groups is 1. The zero-order valence-electron chi connectivity index (χ0n) is 10.5. The number of nitrogens with zero attached hydrogens (tertiary/aromatic N) is 2. The molecule has 19 heavy (non-hydrogen) atoms. The Labute approximate surface area is 122 Å². The van der Waals surface area contributed by atoms with Crippen LogP contribution in [0.15, 0.2) is 18.2 Å². The van der Waals surface area contributed by atoms with Crippen molar-refractivity contribution in [3.63, 3.8) is 0 Å². The Hall–Kier alpha value is -1.28. The fraction of sp³-hybridized carbons (Fsp3) is 0.385. The summed E-state index contributed by atoms with van der Waals surface area (Å²) >= 11 is 11.9. The fourth-order valence-corrected chi connectivity index (χ4v) is 1.92. The molecule has 0 heterocycles. The molecule has 0 fully saturated rings. The van der Waals surface area contributed by atoms with Crippen LogP contribution in [0.5, 0.6) is 0 Å². The van der Waals surface area contributed by atoms with Crippen LogP contribution in [0.2, 0.25) is 10.0 Å². The van der Waals surface area contributed by atoms with Gasteiger partial charge in [-0.25, -0.2) is 0 Å². The van der Waals surface area contributed by atoms with Gasteiger partial charge >= 0.3 is 0 Å². The van der Waals surface area contributed by atoms with E-state index in [1.807, 2.05) is 6.07 Å². The van der Waals surface area contributed by atoms with Gasteiger partial charge in [0.05, 0.1) is 34.7 Å². The van der Waals surface area contributed by atoms with Crippen molar-refractivity contribution in [2.75, 3.05) is 26.8 Å². The van der Waals surface area contributed by atoms with E-state index < -0.39 is 0 Å². The van der Waals surface area contributed by atoms with Gasteiger partial charge in [0.15, 0.2) is 0 Å². The highest BCUT2D eigenvalue weighted by Gasteiger charge is 2.19. The van der Waals surface area contributed by atoms with Crippen molar-refractivity contribution in [2.45, 2.75) is 6.42 Å². The van der Waals surface area contributed by atoms with Gasteiger partial charge in [-0.3, -0.25) is 4.79 Å². The monoisotopic (exact) mass is 300 g/mol. The summed E-state index contributed by atoms with van der Waals surface area (Å²) in [5.74, 6) is -0.250. The van der Waals surface area contributed by atoms with E-state index in [0.717, 1.165) is 0 Å². The molecule has 0 aliphatic rings. The molecule has 0 N–H and O–H groups in total. The van der Waals surface area contributed by atoms with Crippen LogP contribution in [0, 0.1) is 11.3 Å². The lowest BCUT2D eigenvalue weighted by atomic mass is 10.2. The maximum Gasteiger partial charge on any atom is 0.255 e. The van der Waals surface area contributed by atoms with Gasteiger partial charge in [0.1, 0.15) is 0 Å². The van der Waals surface area contributed by atoms with E-state index in [1.165, 1.54) is 4.90 Å². The van der Waals surface area contributed by atoms with E-state index in [9.17, 15) is 4.79 Å². The normalized spacial score (nSPS) is 10.0. The minimum atomic E-state index is -0.250. The van der Waals surface area contributed by atoms with E-state index in [-0.39, 0.29) is 17.4 Å². The number of nitriles is 1. The molecule has 1 aromatic carbocycles. The lowest BCUT2D eigenvalue weighted by Crippen LogP contribution is -2.34. The van der Waals surface area contributed by atoms with Crippen LogP contribution in [-0.4, -0.2) is 37.6 Å². The van der Waals surface area contributed by atoms with E-state index in [2.05, 4.69) is 0 Å². The minimum Gasteiger partial charge on any atom is -0.383 e. The number of benzene rings is 1. The summed E-state index contributed by atoms with van der Waals surface area (Å²) in [5, 5.41) is 9.19. The van der Waals surface area contributed by atoms with Gasteiger partial charge in [-0.1, -0.05) is 29.3 Å². The van der Waals surface area contributed by atoms with Crippen LogP contribution >= 0.6 is 23.2 Å². The number of methoxy groups -OCH3 is 1. The third kappa shape index (κ3) is 4.39. The maximum atomic E-state index is 12.3. The molecule has 1 rings (SSSR count). The Morgan fingerprint density at radius 1 is 1.42 bits per heavy atom. The van der Waals surface area contributed by atoms with Gasteiger partial charge in [-0.05, 0) is 12.1 Å². The molecule has 102 valence electrons. The maximum absolute atomic E-state index is 12.3. The zero-order chi connectivity index (χ0) is 14.3. The molecule has 0 aliphatic carbocycles. The third-order valence-electron chi connectivity index (χ3n) is 2.53. The first-order valence-electron chi connectivity index (χ1n) is 5.71. The molecule has 4 nitrogen and oxygen atoms in total. The molecule has 0 atom stereocenters. The van der Waals surface area contributed by atoms with Gasteiger partial charge in [-0.15, -0.1) is 0 Å². The fourth-order valence-electron chi connectivity index (χ4n) is 1.54. The van der Waals surface area contributed by atoms with Gasteiger partial charge in [0.25, 0.3) is 5.91 Å². The summed E-state index contributed by atoms with van der Waals surface area (Å²) < 4.78 is 4.96. The summed E-state index contributed by atoms with van der Waals surface area (Å²) in [4.78, 5) is 13.9. The molecule has 1 aromatic rings. The average molecular weight is 301 g/mol. The van der Waals surface area contributed by atoms with Crippen LogP contribution < -0.4 is 0 Å². The molecule has 0 aromatic heterocycles. The Kier molecular flexibility index (Phi) is 6.65. The number of rotatable bonds is 6. The first-order chi connectivity index (χ1) is 9.11. The molecule has 0 bridgehead atoms. The van der Waals surface area contributed by atoms with E-state index >= 15 is 0 Å². The van der Waals surface area contributed by atoms with E-state index in [0.29, 0.717) is 30.3 Å². The van der Waals surface area contributed by atoms with Crippen molar-refractivity contribution in [3.8, 4) is 6.07 Å². The molecule has 0 spiro atoms. The highest BCUT2D eigenvalue weighted by molar-refractivity contribution is 6.43. The molecule has 0 saturated carbocycles. The van der Waals surface area contributed by atoms with Gasteiger partial charge in [0.2, 0.25) is 0 Å². The molecule has 0 saturated heterocycles. The summed E-state index contributed by atoms with van der Waals surface area (Å²) in [6.45, 7) is 1.14. The largest absolute Gasteiger partial charge is 0.383 e. The number of halogens is 2. The highest BCUT2D eigenvalue weighted by Crippen LogP contribution is 2.26. The molecular formula is C13H14Cl2N2O2. The predicted octanol–water partition coefficient (Wildman–Crippen LogP) is 3.00. The van der Waals surface area contributed by atoms with Crippen molar-refractivity contribution >= 4 is 29.1 Å². The Balaban J connectivity index is 2.91. The van der Waals surface area contributed by atoms with Crippen molar-refractivity contribution in [1.29, 1.82) is 5.26 Å². The second kappa shape index (κ2) is 8.00. The molecular weight excluding hydrogens is 287 g/mol. The van der Waals surface area contributed by atoms with Crippen molar-refractivity contribution in [3.05, 3.63) is 33.8 Å². The Bertz CT molecular complexity index is 486. The molecule has 0 aliphatic heterocycles. The van der Waals surface area contributed by atoms with Crippen LogP contribution in [0.1, 0.15) is 16.8 Å². The Morgan fingerprint density at radius 2 is 2.16 bits per heavy atom. The quantitative estimate of drug-likeness (QED) is 0.811. The number of hydrogen-bond donors (Lipinski definition) is 0. The summed E-state index contributed by atoms with van der Waals surface area (Å²) in [7, 11) is 1.55. The first kappa shape index (κ1) is 15.8.